The standard InChI is InChI=1S/C15H25N3O2S/c1-3-6-12-9-16-14(21-12)17-15(20)18(2)10-11-7-4-5-8-13(11)19/h9,11,13,19H,3-8,10H2,1-2H3,(H,16,17,20). The van der Waals surface area contributed by atoms with Crippen molar-refractivity contribution in [1.29, 1.82) is 0 Å². The van der Waals surface area contributed by atoms with Gasteiger partial charge in [0.2, 0.25) is 0 Å². The number of aromatic nitrogens is 1. The van der Waals surface area contributed by atoms with Crippen LogP contribution in [-0.4, -0.2) is 40.7 Å². The summed E-state index contributed by atoms with van der Waals surface area (Å²) in [6, 6.07) is -0.148. The molecule has 0 aliphatic heterocycles. The summed E-state index contributed by atoms with van der Waals surface area (Å²) in [5.74, 6) is 0.196. The van der Waals surface area contributed by atoms with Crippen LogP contribution in [0.1, 0.15) is 43.9 Å². The Balaban J connectivity index is 1.83. The van der Waals surface area contributed by atoms with Gasteiger partial charge < -0.3 is 10.0 Å². The average Bonchev–Trinajstić information content (AvgIpc) is 2.89. The number of thiazole rings is 1. The molecule has 1 aliphatic rings. The molecule has 5 nitrogen and oxygen atoms in total. The van der Waals surface area contributed by atoms with E-state index in [1.807, 2.05) is 6.20 Å². The van der Waals surface area contributed by atoms with Gasteiger partial charge in [-0.05, 0) is 19.3 Å². The largest absolute Gasteiger partial charge is 0.393 e. The minimum absolute atomic E-state index is 0.148. The summed E-state index contributed by atoms with van der Waals surface area (Å²) in [6.45, 7) is 2.72. The molecule has 21 heavy (non-hydrogen) atoms. The molecular weight excluding hydrogens is 286 g/mol. The lowest BCUT2D eigenvalue weighted by Crippen LogP contribution is -2.40. The Labute approximate surface area is 130 Å². The lowest BCUT2D eigenvalue weighted by Gasteiger charge is -2.31. The van der Waals surface area contributed by atoms with Crippen LogP contribution in [0.5, 0.6) is 0 Å². The van der Waals surface area contributed by atoms with Crippen LogP contribution < -0.4 is 5.32 Å². The molecule has 1 fully saturated rings. The molecular formula is C15H25N3O2S. The van der Waals surface area contributed by atoms with E-state index >= 15 is 0 Å². The fourth-order valence-electron chi connectivity index (χ4n) is 2.75. The highest BCUT2D eigenvalue weighted by molar-refractivity contribution is 7.15. The second kappa shape index (κ2) is 7.75. The van der Waals surface area contributed by atoms with E-state index in [1.165, 1.54) is 16.2 Å². The number of aryl methyl sites for hydroxylation is 1. The van der Waals surface area contributed by atoms with Crippen LogP contribution in [0.3, 0.4) is 0 Å². The number of nitrogens with zero attached hydrogens (tertiary/aromatic N) is 2. The number of anilines is 1. The van der Waals surface area contributed by atoms with Crippen molar-refractivity contribution in [2.75, 3.05) is 18.9 Å². The molecule has 1 aromatic heterocycles. The number of aliphatic hydroxyl groups is 1. The zero-order chi connectivity index (χ0) is 15.2. The summed E-state index contributed by atoms with van der Waals surface area (Å²) in [6.07, 6.45) is 7.71. The van der Waals surface area contributed by atoms with Gasteiger partial charge >= 0.3 is 6.03 Å². The summed E-state index contributed by atoms with van der Waals surface area (Å²) in [7, 11) is 1.78. The minimum Gasteiger partial charge on any atom is -0.393 e. The summed E-state index contributed by atoms with van der Waals surface area (Å²) >= 11 is 1.53. The summed E-state index contributed by atoms with van der Waals surface area (Å²) < 4.78 is 0. The normalized spacial score (nSPS) is 22.0. The fourth-order valence-corrected chi connectivity index (χ4v) is 3.65. The summed E-state index contributed by atoms with van der Waals surface area (Å²) in [4.78, 5) is 19.2. The van der Waals surface area contributed by atoms with Gasteiger partial charge in [0.05, 0.1) is 6.10 Å². The molecule has 1 aromatic rings. The van der Waals surface area contributed by atoms with Crippen molar-refractivity contribution in [3.63, 3.8) is 0 Å². The van der Waals surface area contributed by atoms with Crippen LogP contribution in [0.4, 0.5) is 9.93 Å². The highest BCUT2D eigenvalue weighted by Crippen LogP contribution is 2.25. The maximum atomic E-state index is 12.2. The highest BCUT2D eigenvalue weighted by Gasteiger charge is 2.25. The predicted molar refractivity (Wildman–Crippen MR) is 85.7 cm³/mol. The summed E-state index contributed by atoms with van der Waals surface area (Å²) in [5, 5.41) is 13.5. The van der Waals surface area contributed by atoms with E-state index < -0.39 is 0 Å². The molecule has 2 rings (SSSR count). The van der Waals surface area contributed by atoms with Gasteiger partial charge in [0.15, 0.2) is 5.13 Å². The number of carbonyl (C=O) groups is 1. The lowest BCUT2D eigenvalue weighted by molar-refractivity contribution is 0.0575. The molecule has 1 saturated carbocycles. The van der Waals surface area contributed by atoms with Gasteiger partial charge in [-0.3, -0.25) is 5.32 Å². The highest BCUT2D eigenvalue weighted by atomic mass is 32.1. The first kappa shape index (κ1) is 16.2. The predicted octanol–water partition coefficient (Wildman–Crippen LogP) is 3.11. The number of nitrogens with one attached hydrogen (secondary N) is 1. The van der Waals surface area contributed by atoms with Gasteiger partial charge in [-0.2, -0.15) is 0 Å². The Morgan fingerprint density at radius 1 is 1.52 bits per heavy atom. The van der Waals surface area contributed by atoms with E-state index in [0.29, 0.717) is 11.7 Å². The van der Waals surface area contributed by atoms with Crippen LogP contribution in [-0.2, 0) is 6.42 Å². The molecule has 118 valence electrons. The molecule has 2 amide bonds. The van der Waals surface area contributed by atoms with Gasteiger partial charge in [0.1, 0.15) is 0 Å². The summed E-state index contributed by atoms with van der Waals surface area (Å²) in [5.41, 5.74) is 0. The van der Waals surface area contributed by atoms with Crippen molar-refractivity contribution in [3.05, 3.63) is 11.1 Å². The van der Waals surface area contributed by atoms with Crippen molar-refractivity contribution in [2.24, 2.45) is 5.92 Å². The Kier molecular flexibility index (Phi) is 5.99. The third-order valence-corrected chi connectivity index (χ3v) is 4.96. The Morgan fingerprint density at radius 2 is 2.29 bits per heavy atom. The van der Waals surface area contributed by atoms with Crippen LogP contribution in [0.2, 0.25) is 0 Å². The maximum Gasteiger partial charge on any atom is 0.323 e. The smallest absolute Gasteiger partial charge is 0.323 e. The van der Waals surface area contributed by atoms with Crippen molar-refractivity contribution >= 4 is 22.5 Å². The minimum atomic E-state index is -0.273. The Morgan fingerprint density at radius 3 is 3.00 bits per heavy atom. The molecule has 0 saturated heterocycles. The van der Waals surface area contributed by atoms with Crippen LogP contribution in [0.25, 0.3) is 0 Å². The van der Waals surface area contributed by atoms with Gasteiger partial charge in [0, 0.05) is 30.6 Å². The number of hydrogen-bond acceptors (Lipinski definition) is 4. The molecule has 1 aliphatic carbocycles. The van der Waals surface area contributed by atoms with Crippen LogP contribution >= 0.6 is 11.3 Å². The number of rotatable bonds is 5. The van der Waals surface area contributed by atoms with Crippen molar-refractivity contribution in [3.8, 4) is 0 Å². The SMILES string of the molecule is CCCc1cnc(NC(=O)N(C)CC2CCCCC2O)s1. The zero-order valence-electron chi connectivity index (χ0n) is 12.8. The number of aliphatic hydroxyl groups excluding tert-OH is 1. The second-order valence-corrected chi connectivity index (χ2v) is 6.92. The molecule has 6 heteroatoms. The maximum absolute atomic E-state index is 12.2. The fraction of sp³-hybridized carbons (Fsp3) is 0.733. The Bertz CT molecular complexity index is 464. The molecule has 1 heterocycles. The number of urea groups is 1. The topological polar surface area (TPSA) is 65.5 Å². The monoisotopic (exact) mass is 311 g/mol. The number of amides is 2. The van der Waals surface area contributed by atoms with Gasteiger partial charge in [-0.1, -0.05) is 26.2 Å². The average molecular weight is 311 g/mol. The van der Waals surface area contributed by atoms with Crippen molar-refractivity contribution < 1.29 is 9.90 Å². The molecule has 2 N–H and O–H groups in total. The molecule has 0 radical (unpaired) electrons. The molecule has 0 spiro atoms. The third-order valence-electron chi connectivity index (χ3n) is 3.99. The molecule has 2 unspecified atom stereocenters. The molecule has 0 aromatic carbocycles. The lowest BCUT2D eigenvalue weighted by atomic mass is 9.86. The molecule has 0 bridgehead atoms. The zero-order valence-corrected chi connectivity index (χ0v) is 13.7. The van der Waals surface area contributed by atoms with Crippen molar-refractivity contribution in [1.82, 2.24) is 9.88 Å². The number of carbonyl (C=O) groups excluding carboxylic acids is 1. The van der Waals surface area contributed by atoms with E-state index in [-0.39, 0.29) is 18.1 Å². The van der Waals surface area contributed by atoms with Gasteiger partial charge in [-0.25, -0.2) is 9.78 Å². The quantitative estimate of drug-likeness (QED) is 0.878. The van der Waals surface area contributed by atoms with Crippen LogP contribution in [0.15, 0.2) is 6.20 Å². The first-order valence-electron chi connectivity index (χ1n) is 7.75. The first-order valence-corrected chi connectivity index (χ1v) is 8.56. The first-order chi connectivity index (χ1) is 10.1. The number of hydrogen-bond donors (Lipinski definition) is 2. The van der Waals surface area contributed by atoms with E-state index in [0.717, 1.165) is 38.5 Å². The van der Waals surface area contributed by atoms with Gasteiger partial charge in [0.25, 0.3) is 0 Å². The van der Waals surface area contributed by atoms with Crippen LogP contribution in [0, 0.1) is 5.92 Å². The van der Waals surface area contributed by atoms with E-state index in [2.05, 4.69) is 17.2 Å². The van der Waals surface area contributed by atoms with Gasteiger partial charge in [-0.15, -0.1) is 11.3 Å². The van der Waals surface area contributed by atoms with E-state index in [1.54, 1.807) is 11.9 Å². The third kappa shape index (κ3) is 4.68. The Hall–Kier alpha value is -1.14. The van der Waals surface area contributed by atoms with E-state index in [4.69, 9.17) is 0 Å². The molecule has 2 atom stereocenters. The van der Waals surface area contributed by atoms with E-state index in [9.17, 15) is 9.90 Å². The van der Waals surface area contributed by atoms with Crippen molar-refractivity contribution in [2.45, 2.75) is 51.6 Å². The second-order valence-electron chi connectivity index (χ2n) is 5.80.